The molecular weight excluding hydrogens is 526 g/mol. The average molecular weight is 560 g/mol. The van der Waals surface area contributed by atoms with Crippen LogP contribution in [-0.2, 0) is 11.2 Å². The molecule has 3 aromatic carbocycles. The zero-order valence-corrected chi connectivity index (χ0v) is 23.8. The predicted octanol–water partition coefficient (Wildman–Crippen LogP) is 6.24. The van der Waals surface area contributed by atoms with E-state index in [1.54, 1.807) is 30.3 Å². The van der Waals surface area contributed by atoms with E-state index in [0.29, 0.717) is 29.4 Å². The maximum Gasteiger partial charge on any atom is 0.255 e. The Hall–Kier alpha value is -5.28. The van der Waals surface area contributed by atoms with Crippen LogP contribution in [0, 0.1) is 0 Å². The third-order valence-corrected chi connectivity index (χ3v) is 6.62. The number of anilines is 4. The van der Waals surface area contributed by atoms with E-state index in [2.05, 4.69) is 38.9 Å². The molecule has 9 heteroatoms. The highest BCUT2D eigenvalue weighted by molar-refractivity contribution is 6.05. The van der Waals surface area contributed by atoms with Crippen molar-refractivity contribution in [1.29, 1.82) is 0 Å². The van der Waals surface area contributed by atoms with Crippen LogP contribution in [0.25, 0.3) is 22.2 Å². The molecule has 0 bridgehead atoms. The molecule has 5 rings (SSSR count). The number of H-pyrrole nitrogens is 1. The molecule has 42 heavy (non-hydrogen) atoms. The first-order chi connectivity index (χ1) is 20.4. The topological polar surface area (TPSA) is 115 Å². The van der Waals surface area contributed by atoms with Crippen LogP contribution in [0.2, 0.25) is 0 Å². The summed E-state index contributed by atoms with van der Waals surface area (Å²) in [4.78, 5) is 39.7. The number of likely N-dealkylation sites (N-methyl/N-ethyl adjacent to an activating group) is 1. The van der Waals surface area contributed by atoms with Crippen molar-refractivity contribution in [2.24, 2.45) is 0 Å². The summed E-state index contributed by atoms with van der Waals surface area (Å²) >= 11 is 0. The average Bonchev–Trinajstić information content (AvgIpc) is 3.41. The first kappa shape index (κ1) is 28.3. The summed E-state index contributed by atoms with van der Waals surface area (Å²) in [7, 11) is 3.86. The third kappa shape index (κ3) is 6.89. The van der Waals surface area contributed by atoms with E-state index in [9.17, 15) is 9.59 Å². The number of aromatic nitrogens is 3. The molecule has 0 radical (unpaired) electrons. The number of aromatic amines is 1. The zero-order valence-electron chi connectivity index (χ0n) is 23.8. The predicted molar refractivity (Wildman–Crippen MR) is 169 cm³/mol. The van der Waals surface area contributed by atoms with Crippen LogP contribution >= 0.6 is 0 Å². The molecule has 0 aliphatic rings. The highest BCUT2D eigenvalue weighted by Gasteiger charge is 2.14. The number of fused-ring (bicyclic) bond motifs is 1. The Morgan fingerprint density at radius 2 is 1.71 bits per heavy atom. The third-order valence-electron chi connectivity index (χ3n) is 6.62. The van der Waals surface area contributed by atoms with Crippen LogP contribution in [0.1, 0.15) is 22.8 Å². The van der Waals surface area contributed by atoms with Crippen molar-refractivity contribution in [2.45, 2.75) is 13.3 Å². The lowest BCUT2D eigenvalue weighted by atomic mass is 10.0. The second kappa shape index (κ2) is 12.9. The molecule has 0 unspecified atom stereocenters. The van der Waals surface area contributed by atoms with E-state index < -0.39 is 0 Å². The second-order valence-corrected chi connectivity index (χ2v) is 10.1. The van der Waals surface area contributed by atoms with Crippen LogP contribution in [0.3, 0.4) is 0 Å². The van der Waals surface area contributed by atoms with E-state index in [0.717, 1.165) is 39.8 Å². The molecule has 2 aromatic heterocycles. The van der Waals surface area contributed by atoms with Gasteiger partial charge < -0.3 is 25.8 Å². The first-order valence-electron chi connectivity index (χ1n) is 13.7. The monoisotopic (exact) mass is 559 g/mol. The molecule has 2 heterocycles. The van der Waals surface area contributed by atoms with Crippen LogP contribution < -0.4 is 16.0 Å². The van der Waals surface area contributed by atoms with Gasteiger partial charge in [0.15, 0.2) is 0 Å². The van der Waals surface area contributed by atoms with Crippen molar-refractivity contribution in [1.82, 2.24) is 19.9 Å². The van der Waals surface area contributed by atoms with Crippen LogP contribution in [0.15, 0.2) is 97.3 Å². The van der Waals surface area contributed by atoms with Gasteiger partial charge in [0.1, 0.15) is 0 Å². The minimum atomic E-state index is -0.263. The summed E-state index contributed by atoms with van der Waals surface area (Å²) < 4.78 is 0. The number of rotatable bonds is 10. The number of amides is 2. The Kier molecular flexibility index (Phi) is 8.70. The molecule has 0 fully saturated rings. The van der Waals surface area contributed by atoms with Gasteiger partial charge in [0.05, 0.1) is 5.69 Å². The van der Waals surface area contributed by atoms with Crippen LogP contribution in [0.4, 0.5) is 23.0 Å². The Morgan fingerprint density at radius 3 is 2.50 bits per heavy atom. The maximum absolute atomic E-state index is 12.9. The molecule has 0 spiro atoms. The maximum atomic E-state index is 12.9. The largest absolute Gasteiger partial charge is 0.360 e. The molecule has 0 saturated heterocycles. The molecule has 0 atom stereocenters. The normalized spacial score (nSPS) is 11.2. The quantitative estimate of drug-likeness (QED) is 0.151. The van der Waals surface area contributed by atoms with E-state index in [1.165, 1.54) is 6.08 Å². The number of carbonyl (C=O) groups is 2. The first-order valence-corrected chi connectivity index (χ1v) is 13.7. The standard InChI is InChI=1S/C33H33N7O2/c1-4-22-20-35-33(39-31(22)28-21-34-29-12-6-5-11-27(28)29)38-26-10-7-9-25(19-26)37-32(42)23-14-16-24(17-15-23)36-30(41)13-8-18-40(2)3/h5-17,19-21,34H,4,18H2,1-3H3,(H,36,41)(H,37,42)(H,35,38,39). The number of carbonyl (C=O) groups excluding carboxylic acids is 2. The highest BCUT2D eigenvalue weighted by atomic mass is 16.2. The number of hydrogen-bond donors (Lipinski definition) is 4. The molecular formula is C33H33N7O2. The van der Waals surface area contributed by atoms with E-state index in [-0.39, 0.29) is 11.8 Å². The Labute approximate surface area is 244 Å². The lowest BCUT2D eigenvalue weighted by molar-refractivity contribution is -0.111. The summed E-state index contributed by atoms with van der Waals surface area (Å²) in [6, 6.07) is 22.3. The number of aryl methyl sites for hydroxylation is 1. The Bertz CT molecular complexity index is 1740. The van der Waals surface area contributed by atoms with E-state index in [4.69, 9.17) is 4.98 Å². The molecule has 0 saturated carbocycles. The summed E-state index contributed by atoms with van der Waals surface area (Å²) in [5.41, 5.74) is 6.45. The summed E-state index contributed by atoms with van der Waals surface area (Å²) in [6.45, 7) is 2.76. The molecule has 5 aromatic rings. The number of nitrogens with zero attached hydrogens (tertiary/aromatic N) is 3. The second-order valence-electron chi connectivity index (χ2n) is 10.1. The van der Waals surface area contributed by atoms with Gasteiger partial charge in [0.2, 0.25) is 11.9 Å². The van der Waals surface area contributed by atoms with Crippen LogP contribution in [0.5, 0.6) is 0 Å². The fourth-order valence-corrected chi connectivity index (χ4v) is 4.49. The van der Waals surface area contributed by atoms with Crippen molar-refractivity contribution in [3.8, 4) is 11.3 Å². The van der Waals surface area contributed by atoms with Gasteiger partial charge in [-0.1, -0.05) is 37.3 Å². The van der Waals surface area contributed by atoms with Gasteiger partial charge in [-0.15, -0.1) is 0 Å². The fourth-order valence-electron chi connectivity index (χ4n) is 4.49. The Morgan fingerprint density at radius 1 is 0.929 bits per heavy atom. The molecule has 4 N–H and O–H groups in total. The fraction of sp³-hybridized carbons (Fsp3) is 0.152. The number of nitrogens with one attached hydrogen (secondary N) is 4. The van der Waals surface area contributed by atoms with Gasteiger partial charge in [-0.3, -0.25) is 9.59 Å². The summed E-state index contributed by atoms with van der Waals surface area (Å²) in [5, 5.41) is 10.1. The highest BCUT2D eigenvalue weighted by Crippen LogP contribution is 2.31. The van der Waals surface area contributed by atoms with Crippen molar-refractivity contribution in [3.63, 3.8) is 0 Å². The van der Waals surface area contributed by atoms with E-state index in [1.807, 2.05) is 73.9 Å². The van der Waals surface area contributed by atoms with E-state index >= 15 is 0 Å². The lowest BCUT2D eigenvalue weighted by Crippen LogP contribution is -2.13. The number of para-hydroxylation sites is 1. The molecule has 2 amide bonds. The van der Waals surface area contributed by atoms with Gasteiger partial charge in [-0.25, -0.2) is 9.97 Å². The van der Waals surface area contributed by atoms with Crippen LogP contribution in [-0.4, -0.2) is 52.3 Å². The van der Waals surface area contributed by atoms with Gasteiger partial charge in [0.25, 0.3) is 5.91 Å². The van der Waals surface area contributed by atoms with Crippen molar-refractivity contribution in [3.05, 3.63) is 108 Å². The lowest BCUT2D eigenvalue weighted by Gasteiger charge is -2.12. The van der Waals surface area contributed by atoms with Gasteiger partial charge in [-0.2, -0.15) is 0 Å². The van der Waals surface area contributed by atoms with Crippen molar-refractivity contribution >= 4 is 45.7 Å². The molecule has 0 aliphatic heterocycles. The minimum absolute atomic E-state index is 0.222. The molecule has 0 aliphatic carbocycles. The summed E-state index contributed by atoms with van der Waals surface area (Å²) in [5.74, 6) is -0.0218. The smallest absolute Gasteiger partial charge is 0.255 e. The summed E-state index contributed by atoms with van der Waals surface area (Å²) in [6.07, 6.45) is 7.92. The van der Waals surface area contributed by atoms with Crippen molar-refractivity contribution in [2.75, 3.05) is 36.6 Å². The Balaban J connectivity index is 1.26. The SMILES string of the molecule is CCc1cnc(Nc2cccc(NC(=O)c3ccc(NC(=O)C=CCN(C)C)cc3)c2)nc1-c1c[nH]c2ccccc12. The van der Waals surface area contributed by atoms with Gasteiger partial charge >= 0.3 is 0 Å². The molecule has 212 valence electrons. The number of benzene rings is 3. The van der Waals surface area contributed by atoms with Gasteiger partial charge in [-0.05, 0) is 74.6 Å². The van der Waals surface area contributed by atoms with Crippen molar-refractivity contribution < 1.29 is 9.59 Å². The molecule has 9 nitrogen and oxygen atoms in total. The van der Waals surface area contributed by atoms with Gasteiger partial charge in [0, 0.05) is 64.1 Å². The zero-order chi connectivity index (χ0) is 29.5. The minimum Gasteiger partial charge on any atom is -0.360 e. The number of hydrogen-bond acceptors (Lipinski definition) is 6.